The number of methoxy groups -OCH3 is 1. The van der Waals surface area contributed by atoms with Gasteiger partial charge in [-0.3, -0.25) is 4.79 Å². The van der Waals surface area contributed by atoms with E-state index < -0.39 is 6.10 Å². The van der Waals surface area contributed by atoms with Crippen LogP contribution in [0.4, 0.5) is 0 Å². The van der Waals surface area contributed by atoms with E-state index in [1.807, 2.05) is 12.1 Å². The Kier molecular flexibility index (Phi) is 7.50. The molecule has 3 rings (SSSR count). The first kappa shape index (κ1) is 20.1. The fraction of sp³-hybridized carbons (Fsp3) is 0.667. The van der Waals surface area contributed by atoms with Crippen LogP contribution in [-0.2, 0) is 16.1 Å². The van der Waals surface area contributed by atoms with Gasteiger partial charge in [0.25, 0.3) is 0 Å². The van der Waals surface area contributed by atoms with E-state index in [1.54, 1.807) is 0 Å². The Labute approximate surface area is 161 Å². The average Bonchev–Trinajstić information content (AvgIpc) is 2.66. The number of hydrogen-bond donors (Lipinski definition) is 2. The standard InChI is InChI=1S/C21H32N2O4/c1-26-21(25)17-9-11-23(12-10-17)14-19(24)15-27-20-7-5-16(6-8-20)13-22-18-3-2-4-18/h5-8,17-19,22,24H,2-4,9-15H2,1H3. The van der Waals surface area contributed by atoms with Crippen molar-refractivity contribution in [3.63, 3.8) is 0 Å². The van der Waals surface area contributed by atoms with Crippen molar-refractivity contribution in [2.24, 2.45) is 5.92 Å². The van der Waals surface area contributed by atoms with Crippen LogP contribution in [0, 0.1) is 5.92 Å². The Bertz CT molecular complexity index is 580. The largest absolute Gasteiger partial charge is 0.491 e. The Morgan fingerprint density at radius 3 is 2.52 bits per heavy atom. The molecule has 1 aromatic carbocycles. The highest BCUT2D eigenvalue weighted by atomic mass is 16.5. The molecular weight excluding hydrogens is 344 g/mol. The zero-order chi connectivity index (χ0) is 19.1. The number of β-amino-alcohol motifs (C(OH)–C–C–N with tert-alkyl or cyclic N) is 1. The van der Waals surface area contributed by atoms with Crippen LogP contribution in [0.1, 0.15) is 37.7 Å². The number of likely N-dealkylation sites (tertiary alicyclic amines) is 1. The van der Waals surface area contributed by atoms with Crippen LogP contribution in [0.15, 0.2) is 24.3 Å². The van der Waals surface area contributed by atoms with Crippen LogP contribution < -0.4 is 10.1 Å². The van der Waals surface area contributed by atoms with Crippen LogP contribution in [0.3, 0.4) is 0 Å². The summed E-state index contributed by atoms with van der Waals surface area (Å²) >= 11 is 0. The lowest BCUT2D eigenvalue weighted by Gasteiger charge is -2.31. The number of carbonyl (C=O) groups is 1. The molecule has 6 nitrogen and oxygen atoms in total. The van der Waals surface area contributed by atoms with Crippen molar-refractivity contribution in [1.29, 1.82) is 0 Å². The van der Waals surface area contributed by atoms with E-state index in [9.17, 15) is 9.90 Å². The van der Waals surface area contributed by atoms with Crippen molar-refractivity contribution in [2.45, 2.75) is 50.8 Å². The summed E-state index contributed by atoms with van der Waals surface area (Å²) in [5.41, 5.74) is 1.25. The Balaban J connectivity index is 1.33. The molecular formula is C21H32N2O4. The molecule has 1 saturated carbocycles. The molecule has 0 amide bonds. The Hall–Kier alpha value is -1.63. The van der Waals surface area contributed by atoms with Crippen LogP contribution in [0.25, 0.3) is 0 Å². The highest BCUT2D eigenvalue weighted by molar-refractivity contribution is 5.72. The number of nitrogens with zero attached hydrogens (tertiary/aromatic N) is 1. The normalized spacial score (nSPS) is 20.1. The first-order chi connectivity index (χ1) is 13.1. The minimum Gasteiger partial charge on any atom is -0.491 e. The number of piperidine rings is 1. The lowest BCUT2D eigenvalue weighted by atomic mass is 9.93. The number of hydrogen-bond acceptors (Lipinski definition) is 6. The molecule has 6 heteroatoms. The zero-order valence-corrected chi connectivity index (χ0v) is 16.2. The molecule has 1 atom stereocenters. The smallest absolute Gasteiger partial charge is 0.308 e. The fourth-order valence-corrected chi connectivity index (χ4v) is 3.64. The quantitative estimate of drug-likeness (QED) is 0.642. The molecule has 1 aliphatic carbocycles. The molecule has 1 heterocycles. The number of carbonyl (C=O) groups excluding carboxylic acids is 1. The third-order valence-electron chi connectivity index (χ3n) is 5.66. The molecule has 1 unspecified atom stereocenters. The molecule has 0 aromatic heterocycles. The second-order valence-electron chi connectivity index (χ2n) is 7.72. The van der Waals surface area contributed by atoms with Gasteiger partial charge in [0.05, 0.1) is 13.0 Å². The summed E-state index contributed by atoms with van der Waals surface area (Å²) < 4.78 is 10.5. The summed E-state index contributed by atoms with van der Waals surface area (Å²) in [7, 11) is 1.44. The van der Waals surface area contributed by atoms with E-state index in [2.05, 4.69) is 22.3 Å². The predicted octanol–water partition coefficient (Wildman–Crippen LogP) is 1.95. The second-order valence-corrected chi connectivity index (χ2v) is 7.72. The number of benzene rings is 1. The number of aliphatic hydroxyl groups is 1. The van der Waals surface area contributed by atoms with E-state index in [0.29, 0.717) is 12.6 Å². The summed E-state index contributed by atoms with van der Waals surface area (Å²) in [6.07, 6.45) is 4.96. The van der Waals surface area contributed by atoms with Gasteiger partial charge in [-0.15, -0.1) is 0 Å². The fourth-order valence-electron chi connectivity index (χ4n) is 3.64. The monoisotopic (exact) mass is 376 g/mol. The molecule has 2 fully saturated rings. The lowest BCUT2D eigenvalue weighted by Crippen LogP contribution is -2.42. The minimum absolute atomic E-state index is 0.00283. The maximum absolute atomic E-state index is 11.6. The molecule has 27 heavy (non-hydrogen) atoms. The Morgan fingerprint density at radius 2 is 1.93 bits per heavy atom. The van der Waals surface area contributed by atoms with Crippen molar-refractivity contribution >= 4 is 5.97 Å². The average molecular weight is 376 g/mol. The third kappa shape index (κ3) is 6.19. The maximum Gasteiger partial charge on any atom is 0.308 e. The summed E-state index contributed by atoms with van der Waals surface area (Å²) in [6.45, 7) is 3.35. The molecule has 1 aliphatic heterocycles. The van der Waals surface area contributed by atoms with Crippen molar-refractivity contribution < 1.29 is 19.4 Å². The van der Waals surface area contributed by atoms with Gasteiger partial charge in [0.1, 0.15) is 18.5 Å². The number of aliphatic hydroxyl groups excluding tert-OH is 1. The van der Waals surface area contributed by atoms with Crippen molar-refractivity contribution in [3.8, 4) is 5.75 Å². The van der Waals surface area contributed by atoms with Gasteiger partial charge >= 0.3 is 5.97 Å². The molecule has 0 spiro atoms. The number of ether oxygens (including phenoxy) is 2. The second kappa shape index (κ2) is 10.1. The lowest BCUT2D eigenvalue weighted by molar-refractivity contribution is -0.147. The first-order valence-corrected chi connectivity index (χ1v) is 10.1. The maximum atomic E-state index is 11.6. The van der Waals surface area contributed by atoms with E-state index in [1.165, 1.54) is 31.9 Å². The number of rotatable bonds is 9. The van der Waals surface area contributed by atoms with Gasteiger partial charge in [-0.1, -0.05) is 18.6 Å². The van der Waals surface area contributed by atoms with Crippen molar-refractivity contribution in [1.82, 2.24) is 10.2 Å². The molecule has 2 N–H and O–H groups in total. The topological polar surface area (TPSA) is 71.0 Å². The predicted molar refractivity (Wildman–Crippen MR) is 104 cm³/mol. The summed E-state index contributed by atoms with van der Waals surface area (Å²) in [6, 6.07) is 8.77. The third-order valence-corrected chi connectivity index (χ3v) is 5.66. The molecule has 150 valence electrons. The van der Waals surface area contributed by atoms with Crippen molar-refractivity contribution in [2.75, 3.05) is 33.4 Å². The highest BCUT2D eigenvalue weighted by Gasteiger charge is 2.26. The molecule has 0 bridgehead atoms. The van der Waals surface area contributed by atoms with E-state index in [4.69, 9.17) is 9.47 Å². The summed E-state index contributed by atoms with van der Waals surface area (Å²) in [5, 5.41) is 13.8. The van der Waals surface area contributed by atoms with E-state index >= 15 is 0 Å². The summed E-state index contributed by atoms with van der Waals surface area (Å²) in [4.78, 5) is 13.7. The van der Waals surface area contributed by atoms with Crippen LogP contribution >= 0.6 is 0 Å². The van der Waals surface area contributed by atoms with Crippen LogP contribution in [0.5, 0.6) is 5.75 Å². The van der Waals surface area contributed by atoms with Gasteiger partial charge in [0.2, 0.25) is 0 Å². The molecule has 1 saturated heterocycles. The molecule has 0 radical (unpaired) electrons. The minimum atomic E-state index is -0.542. The first-order valence-electron chi connectivity index (χ1n) is 10.1. The van der Waals surface area contributed by atoms with Gasteiger partial charge in [-0.05, 0) is 56.5 Å². The Morgan fingerprint density at radius 1 is 1.22 bits per heavy atom. The SMILES string of the molecule is COC(=O)C1CCN(CC(O)COc2ccc(CNC3CCC3)cc2)CC1. The zero-order valence-electron chi connectivity index (χ0n) is 16.2. The van der Waals surface area contributed by atoms with E-state index in [0.717, 1.165) is 38.2 Å². The van der Waals surface area contributed by atoms with Gasteiger partial charge in [-0.2, -0.15) is 0 Å². The number of esters is 1. The molecule has 1 aromatic rings. The number of nitrogens with one attached hydrogen (secondary N) is 1. The van der Waals surface area contributed by atoms with Crippen molar-refractivity contribution in [3.05, 3.63) is 29.8 Å². The van der Waals surface area contributed by atoms with Gasteiger partial charge in [0, 0.05) is 19.1 Å². The summed E-state index contributed by atoms with van der Waals surface area (Å²) in [5.74, 6) is 0.660. The van der Waals surface area contributed by atoms with Crippen LogP contribution in [0.2, 0.25) is 0 Å². The molecule has 2 aliphatic rings. The highest BCUT2D eigenvalue weighted by Crippen LogP contribution is 2.20. The van der Waals surface area contributed by atoms with Crippen LogP contribution in [-0.4, -0.2) is 61.5 Å². The van der Waals surface area contributed by atoms with E-state index in [-0.39, 0.29) is 18.5 Å². The van der Waals surface area contributed by atoms with Gasteiger partial charge in [-0.25, -0.2) is 0 Å². The van der Waals surface area contributed by atoms with Gasteiger partial charge in [0.15, 0.2) is 0 Å². The van der Waals surface area contributed by atoms with Gasteiger partial charge < -0.3 is 24.8 Å².